The normalized spacial score (nSPS) is 11.2. The van der Waals surface area contributed by atoms with Gasteiger partial charge in [-0.15, -0.1) is 0 Å². The Kier molecular flexibility index (Phi) is 5.31. The Hall–Kier alpha value is -2.75. The summed E-state index contributed by atoms with van der Waals surface area (Å²) in [7, 11) is 0. The van der Waals surface area contributed by atoms with Crippen LogP contribution in [-0.4, -0.2) is 30.2 Å². The van der Waals surface area contributed by atoms with Crippen molar-refractivity contribution in [1.29, 1.82) is 0 Å². The molecule has 0 saturated carbocycles. The Bertz CT molecular complexity index is 961. The van der Waals surface area contributed by atoms with Crippen LogP contribution in [0.4, 0.5) is 15.9 Å². The molecule has 0 aliphatic heterocycles. The minimum atomic E-state index is -0.865. The minimum absolute atomic E-state index is 0.257. The number of nitro benzene ring substituents is 1. The van der Waals surface area contributed by atoms with Gasteiger partial charge in [0.05, 0.1) is 17.8 Å². The molecule has 2 N–H and O–H groups in total. The van der Waals surface area contributed by atoms with Crippen molar-refractivity contribution in [2.24, 2.45) is 0 Å². The van der Waals surface area contributed by atoms with Crippen molar-refractivity contribution >= 4 is 34.4 Å². The SMILES string of the molecule is CCCCSc1nc(N)c2ncn(Cc3ccc(F)c([N+](=O)[O-])c3)c2n1. The molecule has 1 aromatic carbocycles. The first-order chi connectivity index (χ1) is 12.5. The molecule has 0 spiro atoms. The molecule has 26 heavy (non-hydrogen) atoms. The molecule has 0 unspecified atom stereocenters. The number of rotatable bonds is 7. The number of hydrogen-bond donors (Lipinski definition) is 1. The minimum Gasteiger partial charge on any atom is -0.382 e. The van der Waals surface area contributed by atoms with Gasteiger partial charge in [0.15, 0.2) is 16.6 Å². The maximum Gasteiger partial charge on any atom is 0.305 e. The van der Waals surface area contributed by atoms with Crippen LogP contribution in [0.2, 0.25) is 0 Å². The molecule has 0 atom stereocenters. The topological polar surface area (TPSA) is 113 Å². The highest BCUT2D eigenvalue weighted by atomic mass is 32.2. The molecular weight excluding hydrogens is 359 g/mol. The average molecular weight is 376 g/mol. The summed E-state index contributed by atoms with van der Waals surface area (Å²) in [4.78, 5) is 23.2. The number of hydrogen-bond acceptors (Lipinski definition) is 7. The highest BCUT2D eigenvalue weighted by Crippen LogP contribution is 2.24. The van der Waals surface area contributed by atoms with Gasteiger partial charge in [-0.05, 0) is 18.1 Å². The van der Waals surface area contributed by atoms with Crippen LogP contribution in [0.1, 0.15) is 25.3 Å². The highest BCUT2D eigenvalue weighted by molar-refractivity contribution is 7.99. The van der Waals surface area contributed by atoms with Crippen molar-refractivity contribution in [3.8, 4) is 0 Å². The summed E-state index contributed by atoms with van der Waals surface area (Å²) in [6, 6.07) is 3.79. The third-order valence-corrected chi connectivity index (χ3v) is 4.69. The van der Waals surface area contributed by atoms with Crippen LogP contribution in [0.3, 0.4) is 0 Å². The lowest BCUT2D eigenvalue weighted by Crippen LogP contribution is -2.03. The highest BCUT2D eigenvalue weighted by Gasteiger charge is 2.16. The maximum atomic E-state index is 13.5. The van der Waals surface area contributed by atoms with Gasteiger partial charge in [-0.25, -0.2) is 15.0 Å². The fourth-order valence-electron chi connectivity index (χ4n) is 2.43. The van der Waals surface area contributed by atoms with Crippen molar-refractivity contribution in [3.63, 3.8) is 0 Å². The quantitative estimate of drug-likeness (QED) is 0.221. The van der Waals surface area contributed by atoms with E-state index in [1.165, 1.54) is 23.9 Å². The van der Waals surface area contributed by atoms with Gasteiger partial charge in [0, 0.05) is 11.8 Å². The zero-order valence-electron chi connectivity index (χ0n) is 14.1. The molecule has 0 aliphatic rings. The second-order valence-electron chi connectivity index (χ2n) is 5.68. The van der Waals surface area contributed by atoms with E-state index >= 15 is 0 Å². The van der Waals surface area contributed by atoms with E-state index in [1.54, 1.807) is 10.9 Å². The Morgan fingerprint density at radius 3 is 2.92 bits per heavy atom. The molecule has 0 amide bonds. The molecule has 136 valence electrons. The van der Waals surface area contributed by atoms with E-state index in [1.807, 2.05) is 0 Å². The van der Waals surface area contributed by atoms with E-state index in [4.69, 9.17) is 5.73 Å². The number of nitro groups is 1. The third kappa shape index (κ3) is 3.74. The number of anilines is 1. The number of aromatic nitrogens is 4. The predicted octanol–water partition coefficient (Wildman–Crippen LogP) is 3.40. The Labute approximate surface area is 152 Å². The van der Waals surface area contributed by atoms with Gasteiger partial charge in [0.1, 0.15) is 5.52 Å². The Morgan fingerprint density at radius 1 is 1.38 bits per heavy atom. The molecule has 0 bridgehead atoms. The molecule has 2 aromatic heterocycles. The molecule has 0 radical (unpaired) electrons. The van der Waals surface area contributed by atoms with Gasteiger partial charge in [-0.3, -0.25) is 10.1 Å². The van der Waals surface area contributed by atoms with Gasteiger partial charge in [-0.2, -0.15) is 4.39 Å². The average Bonchev–Trinajstić information content (AvgIpc) is 3.00. The van der Waals surface area contributed by atoms with Crippen LogP contribution in [0.5, 0.6) is 0 Å². The van der Waals surface area contributed by atoms with E-state index in [-0.39, 0.29) is 12.4 Å². The Balaban J connectivity index is 1.93. The smallest absolute Gasteiger partial charge is 0.305 e. The van der Waals surface area contributed by atoms with Crippen molar-refractivity contribution in [2.75, 3.05) is 11.5 Å². The lowest BCUT2D eigenvalue weighted by Gasteiger charge is -2.06. The lowest BCUT2D eigenvalue weighted by molar-refractivity contribution is -0.387. The van der Waals surface area contributed by atoms with E-state index in [2.05, 4.69) is 21.9 Å². The summed E-state index contributed by atoms with van der Waals surface area (Å²) >= 11 is 1.52. The summed E-state index contributed by atoms with van der Waals surface area (Å²) < 4.78 is 15.2. The van der Waals surface area contributed by atoms with E-state index in [0.29, 0.717) is 21.9 Å². The number of nitrogens with two attached hydrogens (primary N) is 1. The van der Waals surface area contributed by atoms with Crippen molar-refractivity contribution in [3.05, 3.63) is 46.0 Å². The largest absolute Gasteiger partial charge is 0.382 e. The van der Waals surface area contributed by atoms with Crippen LogP contribution in [0.25, 0.3) is 11.2 Å². The molecular formula is C16H17FN6O2S. The molecule has 8 nitrogen and oxygen atoms in total. The molecule has 0 saturated heterocycles. The number of fused-ring (bicyclic) bond motifs is 1. The number of nitrogens with zero attached hydrogens (tertiary/aromatic N) is 5. The fourth-order valence-corrected chi connectivity index (χ4v) is 3.36. The number of benzene rings is 1. The van der Waals surface area contributed by atoms with Gasteiger partial charge in [-0.1, -0.05) is 31.2 Å². The number of imidazole rings is 1. The van der Waals surface area contributed by atoms with Crippen LogP contribution >= 0.6 is 11.8 Å². The van der Waals surface area contributed by atoms with Crippen molar-refractivity contribution in [2.45, 2.75) is 31.5 Å². The maximum absolute atomic E-state index is 13.5. The van der Waals surface area contributed by atoms with E-state index < -0.39 is 16.4 Å². The zero-order valence-corrected chi connectivity index (χ0v) is 14.9. The van der Waals surface area contributed by atoms with Gasteiger partial charge in [0.2, 0.25) is 5.82 Å². The van der Waals surface area contributed by atoms with Crippen LogP contribution in [-0.2, 0) is 6.54 Å². The molecule has 10 heteroatoms. The van der Waals surface area contributed by atoms with Crippen LogP contribution in [0, 0.1) is 15.9 Å². The van der Waals surface area contributed by atoms with Crippen molar-refractivity contribution in [1.82, 2.24) is 19.5 Å². The molecule has 0 aliphatic carbocycles. The number of unbranched alkanes of at least 4 members (excludes halogenated alkanes) is 1. The molecule has 3 rings (SSSR count). The third-order valence-electron chi connectivity index (χ3n) is 3.76. The first kappa shape index (κ1) is 18.1. The first-order valence-electron chi connectivity index (χ1n) is 8.03. The van der Waals surface area contributed by atoms with E-state index in [0.717, 1.165) is 24.7 Å². The first-order valence-corrected chi connectivity index (χ1v) is 9.02. The molecule has 0 fully saturated rings. The monoisotopic (exact) mass is 376 g/mol. The second-order valence-corrected chi connectivity index (χ2v) is 6.74. The summed E-state index contributed by atoms with van der Waals surface area (Å²) in [5.41, 5.74) is 7.00. The summed E-state index contributed by atoms with van der Waals surface area (Å²) in [5, 5.41) is 11.5. The van der Waals surface area contributed by atoms with Crippen LogP contribution in [0.15, 0.2) is 29.7 Å². The standard InChI is InChI=1S/C16H17FN6O2S/c1-2-3-6-26-16-20-14(18)13-15(21-16)22(9-19-13)8-10-4-5-11(17)12(7-10)23(24)25/h4-5,7,9H,2-3,6,8H2,1H3,(H2,18,20,21). The van der Waals surface area contributed by atoms with Gasteiger partial charge < -0.3 is 10.3 Å². The lowest BCUT2D eigenvalue weighted by atomic mass is 10.2. The van der Waals surface area contributed by atoms with Gasteiger partial charge >= 0.3 is 5.69 Å². The zero-order chi connectivity index (χ0) is 18.7. The Morgan fingerprint density at radius 2 is 2.19 bits per heavy atom. The number of thioether (sulfide) groups is 1. The van der Waals surface area contributed by atoms with Crippen molar-refractivity contribution < 1.29 is 9.31 Å². The molecule has 3 aromatic rings. The predicted molar refractivity (Wildman–Crippen MR) is 97.5 cm³/mol. The summed E-state index contributed by atoms with van der Waals surface area (Å²) in [6.07, 6.45) is 3.67. The fraction of sp³-hybridized carbons (Fsp3) is 0.312. The van der Waals surface area contributed by atoms with Gasteiger partial charge in [0.25, 0.3) is 0 Å². The molecule has 2 heterocycles. The second kappa shape index (κ2) is 7.65. The van der Waals surface area contributed by atoms with E-state index in [9.17, 15) is 14.5 Å². The van der Waals surface area contributed by atoms with Crippen LogP contribution < -0.4 is 5.73 Å². The summed E-state index contributed by atoms with van der Waals surface area (Å²) in [6.45, 7) is 2.36. The number of nitrogen functional groups attached to an aromatic ring is 1. The number of halogens is 1. The summed E-state index contributed by atoms with van der Waals surface area (Å²) in [5.74, 6) is 0.313.